The lowest BCUT2D eigenvalue weighted by molar-refractivity contribution is -0.120. The molecule has 0 saturated carbocycles. The zero-order chi connectivity index (χ0) is 13.7. The number of ether oxygens (including phenoxy) is 1. The SMILES string of the molecule is CNC(=O)CCCC1CNCc2ccc(OC)cc21. The number of rotatable bonds is 5. The van der Waals surface area contributed by atoms with E-state index in [1.165, 1.54) is 11.1 Å². The molecule has 2 N–H and O–H groups in total. The molecule has 1 amide bonds. The van der Waals surface area contributed by atoms with Crippen molar-refractivity contribution in [2.24, 2.45) is 0 Å². The molecule has 0 fully saturated rings. The van der Waals surface area contributed by atoms with E-state index in [1.807, 2.05) is 6.07 Å². The van der Waals surface area contributed by atoms with Crippen molar-refractivity contribution < 1.29 is 9.53 Å². The van der Waals surface area contributed by atoms with Gasteiger partial charge in [0.2, 0.25) is 5.91 Å². The number of hydrogen-bond acceptors (Lipinski definition) is 3. The van der Waals surface area contributed by atoms with Crippen LogP contribution in [0, 0.1) is 0 Å². The van der Waals surface area contributed by atoms with Crippen LogP contribution in [0.15, 0.2) is 18.2 Å². The second-order valence-corrected chi connectivity index (χ2v) is 4.96. The van der Waals surface area contributed by atoms with Gasteiger partial charge in [0.05, 0.1) is 7.11 Å². The van der Waals surface area contributed by atoms with Gasteiger partial charge in [0, 0.05) is 26.6 Å². The first-order chi connectivity index (χ1) is 9.24. The van der Waals surface area contributed by atoms with E-state index in [0.717, 1.165) is 31.7 Å². The van der Waals surface area contributed by atoms with E-state index in [2.05, 4.69) is 22.8 Å². The van der Waals surface area contributed by atoms with Crippen molar-refractivity contribution in [1.82, 2.24) is 10.6 Å². The highest BCUT2D eigenvalue weighted by molar-refractivity contribution is 5.75. The first kappa shape index (κ1) is 13.9. The van der Waals surface area contributed by atoms with Crippen molar-refractivity contribution >= 4 is 5.91 Å². The van der Waals surface area contributed by atoms with E-state index < -0.39 is 0 Å². The number of carbonyl (C=O) groups excluding carboxylic acids is 1. The van der Waals surface area contributed by atoms with Gasteiger partial charge in [-0.25, -0.2) is 0 Å². The van der Waals surface area contributed by atoms with Crippen LogP contribution in [0.25, 0.3) is 0 Å². The van der Waals surface area contributed by atoms with Crippen LogP contribution in [-0.4, -0.2) is 26.6 Å². The maximum Gasteiger partial charge on any atom is 0.219 e. The Balaban J connectivity index is 2.02. The summed E-state index contributed by atoms with van der Waals surface area (Å²) in [6.07, 6.45) is 2.55. The average molecular weight is 262 g/mol. The van der Waals surface area contributed by atoms with Gasteiger partial charge in [-0.2, -0.15) is 0 Å². The van der Waals surface area contributed by atoms with Gasteiger partial charge in [0.1, 0.15) is 5.75 Å². The average Bonchev–Trinajstić information content (AvgIpc) is 2.46. The molecule has 4 nitrogen and oxygen atoms in total. The Morgan fingerprint density at radius 2 is 2.37 bits per heavy atom. The summed E-state index contributed by atoms with van der Waals surface area (Å²) in [6.45, 7) is 1.90. The predicted molar refractivity (Wildman–Crippen MR) is 75.4 cm³/mol. The number of nitrogens with one attached hydrogen (secondary N) is 2. The van der Waals surface area contributed by atoms with Crippen molar-refractivity contribution in [2.75, 3.05) is 20.7 Å². The molecule has 1 aliphatic heterocycles. The van der Waals surface area contributed by atoms with Crippen LogP contribution in [0.1, 0.15) is 36.3 Å². The van der Waals surface area contributed by atoms with Crippen LogP contribution < -0.4 is 15.4 Å². The van der Waals surface area contributed by atoms with Crippen LogP contribution in [0.5, 0.6) is 5.75 Å². The lowest BCUT2D eigenvalue weighted by atomic mass is 9.87. The van der Waals surface area contributed by atoms with Crippen LogP contribution in [-0.2, 0) is 11.3 Å². The van der Waals surface area contributed by atoms with Crippen molar-refractivity contribution in [3.8, 4) is 5.75 Å². The van der Waals surface area contributed by atoms with Gasteiger partial charge in [0.25, 0.3) is 0 Å². The Morgan fingerprint density at radius 3 is 3.11 bits per heavy atom. The smallest absolute Gasteiger partial charge is 0.219 e. The van der Waals surface area contributed by atoms with E-state index in [-0.39, 0.29) is 5.91 Å². The lowest BCUT2D eigenvalue weighted by Gasteiger charge is -2.27. The van der Waals surface area contributed by atoms with Gasteiger partial charge in [-0.15, -0.1) is 0 Å². The third kappa shape index (κ3) is 3.47. The minimum atomic E-state index is 0.120. The topological polar surface area (TPSA) is 50.4 Å². The molecule has 1 atom stereocenters. The van der Waals surface area contributed by atoms with Crippen molar-refractivity contribution in [3.05, 3.63) is 29.3 Å². The monoisotopic (exact) mass is 262 g/mol. The highest BCUT2D eigenvalue weighted by Gasteiger charge is 2.20. The number of carbonyl (C=O) groups is 1. The molecule has 0 saturated heterocycles. The number of amides is 1. The summed E-state index contributed by atoms with van der Waals surface area (Å²) >= 11 is 0. The Kier molecular flexibility index (Phi) is 4.80. The molecule has 19 heavy (non-hydrogen) atoms. The summed E-state index contributed by atoms with van der Waals surface area (Å²) < 4.78 is 5.30. The third-order valence-electron chi connectivity index (χ3n) is 3.73. The first-order valence-electron chi connectivity index (χ1n) is 6.82. The van der Waals surface area contributed by atoms with Crippen LogP contribution in [0.4, 0.5) is 0 Å². The minimum absolute atomic E-state index is 0.120. The van der Waals surface area contributed by atoms with Crippen LogP contribution in [0.3, 0.4) is 0 Å². The number of hydrogen-bond donors (Lipinski definition) is 2. The molecule has 104 valence electrons. The van der Waals surface area contributed by atoms with Gasteiger partial charge in [-0.3, -0.25) is 4.79 Å². The Labute approximate surface area is 114 Å². The second-order valence-electron chi connectivity index (χ2n) is 4.96. The zero-order valence-corrected chi connectivity index (χ0v) is 11.7. The maximum absolute atomic E-state index is 11.3. The molecular weight excluding hydrogens is 240 g/mol. The third-order valence-corrected chi connectivity index (χ3v) is 3.73. The van der Waals surface area contributed by atoms with Crippen LogP contribution in [0.2, 0.25) is 0 Å². The van der Waals surface area contributed by atoms with Gasteiger partial charge in [-0.05, 0) is 42.0 Å². The Hall–Kier alpha value is -1.55. The number of benzene rings is 1. The van der Waals surface area contributed by atoms with E-state index in [0.29, 0.717) is 12.3 Å². The molecule has 2 rings (SSSR count). The quantitative estimate of drug-likeness (QED) is 0.850. The Morgan fingerprint density at radius 1 is 1.53 bits per heavy atom. The van der Waals surface area contributed by atoms with Crippen molar-refractivity contribution in [1.29, 1.82) is 0 Å². The van der Waals surface area contributed by atoms with Crippen LogP contribution >= 0.6 is 0 Å². The molecule has 0 bridgehead atoms. The molecule has 1 aliphatic rings. The molecule has 4 heteroatoms. The largest absolute Gasteiger partial charge is 0.497 e. The summed E-state index contributed by atoms with van der Waals surface area (Å²) in [4.78, 5) is 11.3. The summed E-state index contributed by atoms with van der Waals surface area (Å²) in [5.74, 6) is 1.51. The van der Waals surface area contributed by atoms with Gasteiger partial charge >= 0.3 is 0 Å². The molecule has 0 radical (unpaired) electrons. The summed E-state index contributed by atoms with van der Waals surface area (Å²) in [5.41, 5.74) is 2.71. The zero-order valence-electron chi connectivity index (χ0n) is 11.7. The fourth-order valence-corrected chi connectivity index (χ4v) is 2.62. The Bertz CT molecular complexity index is 446. The van der Waals surface area contributed by atoms with E-state index in [4.69, 9.17) is 4.74 Å². The fraction of sp³-hybridized carbons (Fsp3) is 0.533. The van der Waals surface area contributed by atoms with Crippen molar-refractivity contribution in [3.63, 3.8) is 0 Å². The molecule has 1 unspecified atom stereocenters. The molecular formula is C15H22N2O2. The van der Waals surface area contributed by atoms with E-state index in [1.54, 1.807) is 14.2 Å². The number of methoxy groups -OCH3 is 1. The van der Waals surface area contributed by atoms with E-state index in [9.17, 15) is 4.79 Å². The first-order valence-corrected chi connectivity index (χ1v) is 6.82. The summed E-state index contributed by atoms with van der Waals surface area (Å²) in [7, 11) is 3.38. The molecule has 0 aliphatic carbocycles. The number of fused-ring (bicyclic) bond motifs is 1. The molecule has 1 aromatic carbocycles. The molecule has 0 spiro atoms. The summed E-state index contributed by atoms with van der Waals surface area (Å²) in [6, 6.07) is 6.28. The van der Waals surface area contributed by atoms with E-state index >= 15 is 0 Å². The highest BCUT2D eigenvalue weighted by Crippen LogP contribution is 2.31. The molecule has 1 heterocycles. The lowest BCUT2D eigenvalue weighted by Crippen LogP contribution is -2.28. The fourth-order valence-electron chi connectivity index (χ4n) is 2.62. The minimum Gasteiger partial charge on any atom is -0.497 e. The van der Waals surface area contributed by atoms with Gasteiger partial charge < -0.3 is 15.4 Å². The normalized spacial score (nSPS) is 17.7. The van der Waals surface area contributed by atoms with Gasteiger partial charge in [-0.1, -0.05) is 6.07 Å². The predicted octanol–water partition coefficient (Wildman–Crippen LogP) is 1.80. The second kappa shape index (κ2) is 6.57. The molecule has 1 aromatic rings. The molecule has 0 aromatic heterocycles. The van der Waals surface area contributed by atoms with Crippen molar-refractivity contribution in [2.45, 2.75) is 31.7 Å². The maximum atomic E-state index is 11.3. The van der Waals surface area contributed by atoms with Gasteiger partial charge in [0.15, 0.2) is 0 Å². The highest BCUT2D eigenvalue weighted by atomic mass is 16.5. The standard InChI is InChI=1S/C15H22N2O2/c1-16-15(18)5-3-4-11-9-17-10-12-6-7-13(19-2)8-14(11)12/h6-8,11,17H,3-5,9-10H2,1-2H3,(H,16,18). The summed E-state index contributed by atoms with van der Waals surface area (Å²) in [5, 5.41) is 6.10.